The molecule has 0 aromatic carbocycles. The Morgan fingerprint density at radius 1 is 0.396 bits per heavy atom. The molecule has 0 amide bonds. The fraction of sp³-hybridized carbons (Fsp3) is 0. The number of hydrogen-bond acceptors (Lipinski definition) is 8. The number of carboxylic acid groups (broad SMARTS) is 2. The zero-order valence-electron chi connectivity index (χ0n) is 24.9. The zero-order valence-corrected chi connectivity index (χ0v) is 29.8. The molecule has 6 heterocycles. The normalized spacial score (nSPS) is 8.58. The van der Waals surface area contributed by atoms with E-state index >= 15 is 0 Å². The van der Waals surface area contributed by atoms with E-state index in [1.807, 2.05) is 72.8 Å². The Labute approximate surface area is 318 Å². The molecule has 13 nitrogen and oxygen atoms in total. The van der Waals surface area contributed by atoms with Gasteiger partial charge in [-0.25, -0.2) is 9.59 Å². The molecule has 0 spiro atoms. The molecule has 0 aliphatic heterocycles. The SMILES string of the molecule is O.O.O.O=C(O)c1ccnc(-c2cc(C(=O)O)ccn2)c1.[Ru].[Ti].[Ti].c1ccc(-c2ccccn2)nc1.c1ccc(-c2ccccn2)nc1. The Morgan fingerprint density at radius 2 is 0.646 bits per heavy atom. The molecule has 0 radical (unpaired) electrons. The Balaban J connectivity index is -0.000000610. The van der Waals surface area contributed by atoms with E-state index in [0.717, 1.165) is 22.8 Å². The van der Waals surface area contributed by atoms with Gasteiger partial charge >= 0.3 is 11.9 Å². The summed E-state index contributed by atoms with van der Waals surface area (Å²) >= 11 is 0. The fourth-order valence-electron chi connectivity index (χ4n) is 3.46. The van der Waals surface area contributed by atoms with Crippen molar-refractivity contribution in [3.8, 4) is 34.2 Å². The van der Waals surface area contributed by atoms with Crippen molar-refractivity contribution in [2.75, 3.05) is 0 Å². The van der Waals surface area contributed by atoms with Crippen LogP contribution in [0.2, 0.25) is 0 Å². The van der Waals surface area contributed by atoms with Gasteiger partial charge in [-0.05, 0) is 72.8 Å². The van der Waals surface area contributed by atoms with Crippen LogP contribution in [-0.2, 0) is 62.9 Å². The van der Waals surface area contributed by atoms with E-state index in [-0.39, 0.29) is 90.5 Å². The first-order chi connectivity index (χ1) is 20.5. The summed E-state index contributed by atoms with van der Waals surface area (Å²) in [5, 5.41) is 17.7. The van der Waals surface area contributed by atoms with Crippen LogP contribution in [0.5, 0.6) is 0 Å². The average Bonchev–Trinajstić information content (AvgIpc) is 3.07. The van der Waals surface area contributed by atoms with Crippen LogP contribution >= 0.6 is 0 Å². The number of nitrogens with zero attached hydrogens (tertiary/aromatic N) is 6. The minimum atomic E-state index is -1.08. The Morgan fingerprint density at radius 3 is 0.854 bits per heavy atom. The molecular formula is C32H30N6O7RuTi2. The third kappa shape index (κ3) is 15.1. The molecule has 0 bridgehead atoms. The van der Waals surface area contributed by atoms with Crippen molar-refractivity contribution < 1.29 is 99.1 Å². The van der Waals surface area contributed by atoms with Crippen LogP contribution in [0.25, 0.3) is 34.2 Å². The van der Waals surface area contributed by atoms with Gasteiger partial charge in [0, 0.05) is 100 Å². The van der Waals surface area contributed by atoms with E-state index in [4.69, 9.17) is 10.2 Å². The van der Waals surface area contributed by atoms with Gasteiger partial charge in [-0.3, -0.25) is 29.9 Å². The second-order valence-corrected chi connectivity index (χ2v) is 8.33. The summed E-state index contributed by atoms with van der Waals surface area (Å²) in [6, 6.07) is 28.6. The molecule has 0 atom stereocenters. The van der Waals surface area contributed by atoms with E-state index < -0.39 is 11.9 Å². The number of pyridine rings is 6. The van der Waals surface area contributed by atoms with Crippen molar-refractivity contribution in [2.45, 2.75) is 0 Å². The number of carbonyl (C=O) groups is 2. The van der Waals surface area contributed by atoms with Crippen LogP contribution < -0.4 is 0 Å². The van der Waals surface area contributed by atoms with Gasteiger partial charge < -0.3 is 26.6 Å². The number of aromatic nitrogens is 6. The van der Waals surface area contributed by atoms with E-state index in [1.165, 1.54) is 36.7 Å². The van der Waals surface area contributed by atoms with Gasteiger partial charge in [0.15, 0.2) is 0 Å². The molecule has 0 unspecified atom stereocenters. The van der Waals surface area contributed by atoms with E-state index in [1.54, 1.807) is 24.8 Å². The van der Waals surface area contributed by atoms with Gasteiger partial charge in [0.25, 0.3) is 0 Å². The Kier molecular flexibility index (Phi) is 25.9. The summed E-state index contributed by atoms with van der Waals surface area (Å²) in [7, 11) is 0. The molecule has 0 aliphatic rings. The molecule has 8 N–H and O–H groups in total. The molecule has 0 aliphatic carbocycles. The van der Waals surface area contributed by atoms with Crippen molar-refractivity contribution >= 4 is 11.9 Å². The van der Waals surface area contributed by atoms with Gasteiger partial charge in [-0.1, -0.05) is 24.3 Å². The van der Waals surface area contributed by atoms with Crippen molar-refractivity contribution in [3.05, 3.63) is 145 Å². The van der Waals surface area contributed by atoms with E-state index in [0.29, 0.717) is 11.4 Å². The van der Waals surface area contributed by atoms with E-state index in [2.05, 4.69) is 29.9 Å². The van der Waals surface area contributed by atoms with Crippen molar-refractivity contribution in [1.29, 1.82) is 0 Å². The number of hydrogen-bond donors (Lipinski definition) is 2. The van der Waals surface area contributed by atoms with Gasteiger partial charge in [-0.2, -0.15) is 0 Å². The van der Waals surface area contributed by atoms with Crippen molar-refractivity contribution in [3.63, 3.8) is 0 Å². The maximum Gasteiger partial charge on any atom is 0.335 e. The summed E-state index contributed by atoms with van der Waals surface area (Å²) in [5.74, 6) is -2.15. The molecule has 48 heavy (non-hydrogen) atoms. The standard InChI is InChI=1S/C12H8N2O4.2C10H8N2.3H2O.Ru.2Ti/c15-11(16)7-1-3-13-9(5-7)10-6-8(12(17)18)2-4-14-10;2*1-3-7-11-9(5-1)10-6-2-4-8-12-10;;;;;;/h1-6H,(H,15,16)(H,17,18);2*1-8H;3*1H2;;;. The van der Waals surface area contributed by atoms with Gasteiger partial charge in [-0.15, -0.1) is 0 Å². The third-order valence-electron chi connectivity index (χ3n) is 5.46. The zero-order chi connectivity index (χ0) is 29.6. The van der Waals surface area contributed by atoms with Crippen LogP contribution in [0.1, 0.15) is 20.7 Å². The molecule has 16 heteroatoms. The minimum Gasteiger partial charge on any atom is -0.478 e. The number of aromatic carboxylic acids is 2. The van der Waals surface area contributed by atoms with Gasteiger partial charge in [0.05, 0.1) is 45.3 Å². The fourth-order valence-corrected chi connectivity index (χ4v) is 3.46. The van der Waals surface area contributed by atoms with Crippen LogP contribution in [0.15, 0.2) is 134 Å². The first-order valence-electron chi connectivity index (χ1n) is 12.5. The monoisotopic (exact) mass is 808 g/mol. The summed E-state index contributed by atoms with van der Waals surface area (Å²) in [5.41, 5.74) is 4.44. The smallest absolute Gasteiger partial charge is 0.335 e. The molecule has 0 saturated carbocycles. The van der Waals surface area contributed by atoms with E-state index in [9.17, 15) is 9.59 Å². The first kappa shape index (κ1) is 48.2. The van der Waals surface area contributed by atoms with Crippen LogP contribution in [0.3, 0.4) is 0 Å². The molecule has 6 aromatic heterocycles. The molecule has 0 saturated heterocycles. The van der Waals surface area contributed by atoms with Crippen molar-refractivity contribution in [2.24, 2.45) is 0 Å². The van der Waals surface area contributed by atoms with Crippen molar-refractivity contribution in [1.82, 2.24) is 29.9 Å². The summed E-state index contributed by atoms with van der Waals surface area (Å²) in [6.45, 7) is 0. The maximum atomic E-state index is 10.8. The first-order valence-corrected chi connectivity index (χ1v) is 12.5. The minimum absolute atomic E-state index is 0. The summed E-state index contributed by atoms with van der Waals surface area (Å²) in [6.07, 6.45) is 9.75. The Bertz CT molecular complexity index is 1550. The second kappa shape index (κ2) is 25.8. The molecule has 246 valence electrons. The third-order valence-corrected chi connectivity index (χ3v) is 5.46. The van der Waals surface area contributed by atoms with Crippen LogP contribution in [-0.4, -0.2) is 68.5 Å². The summed E-state index contributed by atoms with van der Waals surface area (Å²) in [4.78, 5) is 46.3. The predicted octanol–water partition coefficient (Wildman–Crippen LogP) is 3.35. The Hall–Kier alpha value is -4.23. The number of carboxylic acids is 2. The van der Waals surface area contributed by atoms with Gasteiger partial charge in [0.1, 0.15) is 0 Å². The second-order valence-electron chi connectivity index (χ2n) is 8.33. The predicted molar refractivity (Wildman–Crippen MR) is 167 cm³/mol. The van der Waals surface area contributed by atoms with Crippen LogP contribution in [0.4, 0.5) is 0 Å². The average molecular weight is 807 g/mol. The van der Waals surface area contributed by atoms with Crippen LogP contribution in [0, 0.1) is 0 Å². The maximum absolute atomic E-state index is 10.8. The molecule has 6 rings (SSSR count). The van der Waals surface area contributed by atoms with Gasteiger partial charge in [0.2, 0.25) is 0 Å². The number of rotatable bonds is 5. The largest absolute Gasteiger partial charge is 0.478 e. The molecule has 0 fully saturated rings. The topological polar surface area (TPSA) is 246 Å². The summed E-state index contributed by atoms with van der Waals surface area (Å²) < 4.78 is 0. The quantitative estimate of drug-likeness (QED) is 0.241. The molecular weight excluding hydrogens is 777 g/mol. The molecule has 6 aromatic rings.